The third-order valence-corrected chi connectivity index (χ3v) is 2.16. The van der Waals surface area contributed by atoms with Gasteiger partial charge in [0.15, 0.2) is 0 Å². The number of carbonyl (C=O) groups is 1. The number of unbranched alkanes of at least 4 members (excludes halogenated alkanes) is 6. The van der Waals surface area contributed by atoms with Crippen molar-refractivity contribution in [1.29, 1.82) is 0 Å². The molecule has 0 saturated heterocycles. The fourth-order valence-electron chi connectivity index (χ4n) is 1.34. The van der Waals surface area contributed by atoms with Crippen LogP contribution in [0.2, 0.25) is 0 Å². The quantitative estimate of drug-likeness (QED) is 0.341. The van der Waals surface area contributed by atoms with Gasteiger partial charge >= 0.3 is 5.97 Å². The van der Waals surface area contributed by atoms with Gasteiger partial charge in [-0.15, -0.1) is 0 Å². The number of nitrogens with two attached hydrogens (primary N) is 1. The molecular weight excluding hydrogens is 180 g/mol. The third kappa shape index (κ3) is 9.48. The van der Waals surface area contributed by atoms with Crippen LogP contribution >= 0.6 is 0 Å². The first-order valence-corrected chi connectivity index (χ1v) is 5.46. The highest BCUT2D eigenvalue weighted by Crippen LogP contribution is 2.08. The molecule has 0 aliphatic heterocycles. The van der Waals surface area contributed by atoms with Gasteiger partial charge in [0.1, 0.15) is 0 Å². The lowest BCUT2D eigenvalue weighted by atomic mass is 10.1. The monoisotopic (exact) mass is 202 g/mol. The Bertz CT molecular complexity index is 140. The molecule has 0 aromatic carbocycles. The van der Waals surface area contributed by atoms with Crippen molar-refractivity contribution in [3.8, 4) is 0 Å². The van der Waals surface area contributed by atoms with Crippen molar-refractivity contribution in [3.63, 3.8) is 0 Å². The molecule has 0 fully saturated rings. The third-order valence-electron chi connectivity index (χ3n) is 2.16. The molecule has 0 bridgehead atoms. The molecule has 0 saturated carbocycles. The van der Waals surface area contributed by atoms with E-state index in [4.69, 9.17) is 5.84 Å². The molecule has 4 heteroatoms. The Balaban J connectivity index is 3.01. The lowest BCUT2D eigenvalue weighted by Gasteiger charge is -2.01. The van der Waals surface area contributed by atoms with Gasteiger partial charge in [-0.1, -0.05) is 51.0 Å². The summed E-state index contributed by atoms with van der Waals surface area (Å²) in [5.41, 5.74) is 1.89. The Hall–Kier alpha value is -0.610. The fraction of sp³-hybridized carbons (Fsp3) is 0.900. The van der Waals surface area contributed by atoms with Crippen LogP contribution in [-0.4, -0.2) is 5.97 Å². The SMILES string of the molecule is CCCCCCCCCC(=O)ONN. The van der Waals surface area contributed by atoms with Crippen LogP contribution in [0.15, 0.2) is 0 Å². The highest BCUT2D eigenvalue weighted by atomic mass is 16.7. The van der Waals surface area contributed by atoms with Gasteiger partial charge < -0.3 is 4.84 Å². The van der Waals surface area contributed by atoms with Gasteiger partial charge in [-0.25, -0.2) is 5.84 Å². The van der Waals surface area contributed by atoms with Crippen molar-refractivity contribution in [3.05, 3.63) is 0 Å². The molecule has 0 spiro atoms. The molecule has 4 nitrogen and oxygen atoms in total. The Kier molecular flexibility index (Phi) is 10.0. The van der Waals surface area contributed by atoms with Crippen molar-refractivity contribution in [2.45, 2.75) is 58.3 Å². The van der Waals surface area contributed by atoms with E-state index >= 15 is 0 Å². The van der Waals surface area contributed by atoms with Gasteiger partial charge in [0.25, 0.3) is 0 Å². The molecular formula is C10H22N2O2. The summed E-state index contributed by atoms with van der Waals surface area (Å²) in [6.45, 7) is 2.20. The largest absolute Gasteiger partial charge is 0.356 e. The van der Waals surface area contributed by atoms with Gasteiger partial charge in [0.2, 0.25) is 0 Å². The summed E-state index contributed by atoms with van der Waals surface area (Å²) in [6, 6.07) is 0. The van der Waals surface area contributed by atoms with Crippen LogP contribution in [0.3, 0.4) is 0 Å². The zero-order valence-corrected chi connectivity index (χ0v) is 9.05. The molecule has 0 rings (SSSR count). The molecule has 84 valence electrons. The molecule has 0 radical (unpaired) electrons. The number of rotatable bonds is 9. The summed E-state index contributed by atoms with van der Waals surface area (Å²) in [4.78, 5) is 15.2. The Morgan fingerprint density at radius 1 is 1.14 bits per heavy atom. The van der Waals surface area contributed by atoms with Crippen LogP contribution in [-0.2, 0) is 9.63 Å². The van der Waals surface area contributed by atoms with Gasteiger partial charge in [-0.2, -0.15) is 0 Å². The standard InChI is InChI=1S/C10H22N2O2/c1-2-3-4-5-6-7-8-9-10(13)14-12-11/h12H,2-9,11H2,1H3. The lowest BCUT2D eigenvalue weighted by molar-refractivity contribution is -0.151. The second-order valence-corrected chi connectivity index (χ2v) is 3.46. The highest BCUT2D eigenvalue weighted by Gasteiger charge is 2.00. The zero-order valence-electron chi connectivity index (χ0n) is 9.05. The van der Waals surface area contributed by atoms with Crippen LogP contribution in [0, 0.1) is 0 Å². The van der Waals surface area contributed by atoms with E-state index in [1.54, 1.807) is 0 Å². The second-order valence-electron chi connectivity index (χ2n) is 3.46. The maximum Gasteiger partial charge on any atom is 0.326 e. The van der Waals surface area contributed by atoms with Crippen molar-refractivity contribution < 1.29 is 9.63 Å². The minimum absolute atomic E-state index is 0.277. The second kappa shape index (κ2) is 10.5. The topological polar surface area (TPSA) is 64.3 Å². The zero-order chi connectivity index (χ0) is 10.6. The summed E-state index contributed by atoms with van der Waals surface area (Å²) in [7, 11) is 0. The van der Waals surface area contributed by atoms with E-state index in [0.717, 1.165) is 12.8 Å². The average Bonchev–Trinajstić information content (AvgIpc) is 2.17. The van der Waals surface area contributed by atoms with Crippen molar-refractivity contribution in [1.82, 2.24) is 5.59 Å². The van der Waals surface area contributed by atoms with E-state index in [0.29, 0.717) is 6.42 Å². The van der Waals surface area contributed by atoms with Crippen LogP contribution in [0.4, 0.5) is 0 Å². The molecule has 0 heterocycles. The van der Waals surface area contributed by atoms with E-state index in [9.17, 15) is 4.79 Å². The van der Waals surface area contributed by atoms with Gasteiger partial charge in [-0.3, -0.25) is 4.79 Å². The van der Waals surface area contributed by atoms with E-state index in [1.807, 2.05) is 5.59 Å². The van der Waals surface area contributed by atoms with E-state index < -0.39 is 0 Å². The summed E-state index contributed by atoms with van der Waals surface area (Å²) in [5, 5.41) is 0. The minimum Gasteiger partial charge on any atom is -0.356 e. The number of carbonyl (C=O) groups excluding carboxylic acids is 1. The normalized spacial score (nSPS) is 10.1. The van der Waals surface area contributed by atoms with E-state index in [1.165, 1.54) is 32.1 Å². The Morgan fingerprint density at radius 2 is 1.71 bits per heavy atom. The minimum atomic E-state index is -0.277. The van der Waals surface area contributed by atoms with Gasteiger partial charge in [-0.05, 0) is 6.42 Å². The molecule has 3 N–H and O–H groups in total. The number of hydrogen-bond donors (Lipinski definition) is 2. The van der Waals surface area contributed by atoms with Crippen molar-refractivity contribution >= 4 is 5.97 Å². The molecule has 0 atom stereocenters. The van der Waals surface area contributed by atoms with Gasteiger partial charge in [0.05, 0.1) is 0 Å². The molecule has 0 amide bonds. The highest BCUT2D eigenvalue weighted by molar-refractivity contribution is 5.68. The number of nitrogens with one attached hydrogen (secondary N) is 1. The summed E-state index contributed by atoms with van der Waals surface area (Å²) in [6.07, 6.45) is 8.84. The van der Waals surface area contributed by atoms with Crippen LogP contribution in [0.1, 0.15) is 58.3 Å². The Morgan fingerprint density at radius 3 is 2.29 bits per heavy atom. The van der Waals surface area contributed by atoms with Crippen molar-refractivity contribution in [2.24, 2.45) is 5.84 Å². The predicted molar refractivity (Wildman–Crippen MR) is 56.0 cm³/mol. The Labute approximate surface area is 86.1 Å². The molecule has 0 aromatic rings. The summed E-state index contributed by atoms with van der Waals surface area (Å²) >= 11 is 0. The van der Waals surface area contributed by atoms with Crippen LogP contribution in [0.25, 0.3) is 0 Å². The average molecular weight is 202 g/mol. The summed E-state index contributed by atoms with van der Waals surface area (Å²) < 4.78 is 0. The fourth-order valence-corrected chi connectivity index (χ4v) is 1.34. The predicted octanol–water partition coefficient (Wildman–Crippen LogP) is 2.05. The number of hydrazine groups is 1. The number of hydrogen-bond acceptors (Lipinski definition) is 4. The molecule has 14 heavy (non-hydrogen) atoms. The first-order valence-electron chi connectivity index (χ1n) is 5.46. The van der Waals surface area contributed by atoms with Crippen LogP contribution in [0.5, 0.6) is 0 Å². The first kappa shape index (κ1) is 13.4. The summed E-state index contributed by atoms with van der Waals surface area (Å²) in [5.74, 6) is 4.54. The maximum absolute atomic E-state index is 10.8. The first-order chi connectivity index (χ1) is 6.81. The smallest absolute Gasteiger partial charge is 0.326 e. The molecule has 0 aliphatic rings. The van der Waals surface area contributed by atoms with Gasteiger partial charge in [0, 0.05) is 6.42 Å². The van der Waals surface area contributed by atoms with E-state index in [-0.39, 0.29) is 5.97 Å². The molecule has 0 aromatic heterocycles. The molecule has 0 aliphatic carbocycles. The van der Waals surface area contributed by atoms with Crippen LogP contribution < -0.4 is 11.4 Å². The lowest BCUT2D eigenvalue weighted by Crippen LogP contribution is -2.25. The maximum atomic E-state index is 10.8. The van der Waals surface area contributed by atoms with Crippen molar-refractivity contribution in [2.75, 3.05) is 0 Å². The molecule has 0 unspecified atom stereocenters. The van der Waals surface area contributed by atoms with E-state index in [2.05, 4.69) is 11.8 Å².